The first kappa shape index (κ1) is 24.3. The van der Waals surface area contributed by atoms with Crippen LogP contribution in [0.4, 0.5) is 0 Å². The normalized spacial score (nSPS) is 46.1. The number of aliphatic hydroxyl groups excluding tert-OH is 1. The van der Waals surface area contributed by atoms with Crippen LogP contribution in [0, 0.1) is 28.6 Å². The smallest absolute Gasteiger partial charge is 0.331 e. The van der Waals surface area contributed by atoms with E-state index in [4.69, 9.17) is 9.73 Å². The maximum Gasteiger partial charge on any atom is 0.331 e. The van der Waals surface area contributed by atoms with Crippen molar-refractivity contribution in [2.75, 3.05) is 6.61 Å². The van der Waals surface area contributed by atoms with E-state index < -0.39 is 22.7 Å². The van der Waals surface area contributed by atoms with Gasteiger partial charge in [-0.3, -0.25) is 4.99 Å². The average molecular weight is 494 g/mol. The molecule has 6 rings (SSSR count). The molecule has 6 nitrogen and oxygen atoms in total. The van der Waals surface area contributed by atoms with Crippen molar-refractivity contribution in [1.29, 1.82) is 0 Å². The van der Waals surface area contributed by atoms with Crippen LogP contribution in [0.15, 0.2) is 47.0 Å². The summed E-state index contributed by atoms with van der Waals surface area (Å²) in [7, 11) is 0. The van der Waals surface area contributed by atoms with Gasteiger partial charge in [0.25, 0.3) is 0 Å². The number of benzene rings is 1. The first-order valence-electron chi connectivity index (χ1n) is 13.8. The fraction of sp³-hybridized carbons (Fsp3) is 0.667. The van der Waals surface area contributed by atoms with Crippen molar-refractivity contribution in [3.63, 3.8) is 0 Å². The highest BCUT2D eigenvalue weighted by Gasteiger charge is 2.71. The number of carbonyl (C=O) groups excluding carboxylic acids is 1. The minimum absolute atomic E-state index is 0.0542. The number of carbonyl (C=O) groups is 1. The minimum atomic E-state index is -1.01. The summed E-state index contributed by atoms with van der Waals surface area (Å²) in [6, 6.07) is 10.2. The molecule has 0 aromatic heterocycles. The van der Waals surface area contributed by atoms with E-state index in [2.05, 4.69) is 19.1 Å². The number of nitrogens with zero attached hydrogens (tertiary/aromatic N) is 1. The highest BCUT2D eigenvalue weighted by molar-refractivity contribution is 5.85. The van der Waals surface area contributed by atoms with Crippen molar-refractivity contribution in [3.05, 3.63) is 47.5 Å². The van der Waals surface area contributed by atoms with Gasteiger partial charge >= 0.3 is 5.97 Å². The number of rotatable bonds is 4. The van der Waals surface area contributed by atoms with E-state index in [9.17, 15) is 20.1 Å². The van der Waals surface area contributed by atoms with Gasteiger partial charge in [-0.2, -0.15) is 0 Å². The molecule has 1 aromatic rings. The van der Waals surface area contributed by atoms with Gasteiger partial charge in [0.2, 0.25) is 0 Å². The molecule has 0 unspecified atom stereocenters. The molecule has 0 spiro atoms. The highest BCUT2D eigenvalue weighted by atomic mass is 16.5. The summed E-state index contributed by atoms with van der Waals surface area (Å²) in [5, 5.41) is 35.1. The van der Waals surface area contributed by atoms with Crippen LogP contribution in [0.3, 0.4) is 0 Å². The second-order valence-corrected chi connectivity index (χ2v) is 12.5. The Balaban J connectivity index is 1.35. The van der Waals surface area contributed by atoms with E-state index >= 15 is 0 Å². The summed E-state index contributed by atoms with van der Waals surface area (Å²) in [6.45, 7) is 3.12. The highest BCUT2D eigenvalue weighted by Crippen LogP contribution is 2.70. The van der Waals surface area contributed by atoms with Gasteiger partial charge in [-0.15, -0.1) is 0 Å². The number of aliphatic hydroxyl groups is 3. The maximum atomic E-state index is 12.5. The number of esters is 1. The van der Waals surface area contributed by atoms with Gasteiger partial charge in [-0.25, -0.2) is 4.79 Å². The molecule has 6 heteroatoms. The topological polar surface area (TPSA) is 99.4 Å². The quantitative estimate of drug-likeness (QED) is 0.435. The zero-order valence-corrected chi connectivity index (χ0v) is 21.2. The Labute approximate surface area is 213 Å². The molecule has 4 saturated carbocycles. The Hall–Kier alpha value is -2.02. The fourth-order valence-corrected chi connectivity index (χ4v) is 9.26. The van der Waals surface area contributed by atoms with Crippen LogP contribution in [0.2, 0.25) is 0 Å². The van der Waals surface area contributed by atoms with Crippen LogP contribution in [-0.2, 0) is 16.1 Å². The summed E-state index contributed by atoms with van der Waals surface area (Å²) in [5.41, 5.74) is -0.575. The molecule has 1 heterocycles. The van der Waals surface area contributed by atoms with Crippen LogP contribution in [0.25, 0.3) is 0 Å². The molecule has 36 heavy (non-hydrogen) atoms. The Morgan fingerprint density at radius 2 is 1.81 bits per heavy atom. The molecule has 8 atom stereocenters. The summed E-state index contributed by atoms with van der Waals surface area (Å²) >= 11 is 0. The SMILES string of the molecule is C[C@]12CC[C@H]3[C@@H](CC[C@]4(O)C[C@H](O)CC[C@]34C=NCc3ccccc3)[C@@]1(O)CC[C@H]2C1=CC(=O)OC1. The molecule has 3 N–H and O–H groups in total. The lowest BCUT2D eigenvalue weighted by Crippen LogP contribution is -2.68. The van der Waals surface area contributed by atoms with E-state index in [1.165, 1.54) is 0 Å². The maximum absolute atomic E-state index is 12.5. The van der Waals surface area contributed by atoms with Crippen LogP contribution in [0.5, 0.6) is 0 Å². The van der Waals surface area contributed by atoms with Gasteiger partial charge in [0.05, 0.1) is 23.9 Å². The zero-order valence-electron chi connectivity index (χ0n) is 21.2. The third-order valence-corrected chi connectivity index (χ3v) is 11.1. The molecule has 4 fully saturated rings. The Bertz CT molecular complexity index is 1090. The van der Waals surface area contributed by atoms with Crippen LogP contribution in [0.1, 0.15) is 70.3 Å². The molecule has 5 aliphatic rings. The van der Waals surface area contributed by atoms with Crippen molar-refractivity contribution in [1.82, 2.24) is 0 Å². The second kappa shape index (κ2) is 8.50. The average Bonchev–Trinajstić information content (AvgIpc) is 3.40. The van der Waals surface area contributed by atoms with E-state index in [1.807, 2.05) is 24.4 Å². The van der Waals surface area contributed by atoms with Gasteiger partial charge in [-0.05, 0) is 80.3 Å². The van der Waals surface area contributed by atoms with Gasteiger partial charge in [-0.1, -0.05) is 37.3 Å². The predicted molar refractivity (Wildman–Crippen MR) is 136 cm³/mol. The second-order valence-electron chi connectivity index (χ2n) is 12.5. The van der Waals surface area contributed by atoms with Gasteiger partial charge in [0.15, 0.2) is 0 Å². The lowest BCUT2D eigenvalue weighted by atomic mass is 9.41. The van der Waals surface area contributed by atoms with Crippen molar-refractivity contribution in [2.45, 2.75) is 88.6 Å². The summed E-state index contributed by atoms with van der Waals surface area (Å²) in [4.78, 5) is 16.7. The van der Waals surface area contributed by atoms with Crippen molar-refractivity contribution in [2.24, 2.45) is 33.6 Å². The van der Waals surface area contributed by atoms with Crippen LogP contribution in [-0.4, -0.2) is 51.4 Å². The Morgan fingerprint density at radius 1 is 1.03 bits per heavy atom. The van der Waals surface area contributed by atoms with Crippen LogP contribution < -0.4 is 0 Å². The lowest BCUT2D eigenvalue weighted by Gasteiger charge is -2.65. The first-order valence-corrected chi connectivity index (χ1v) is 13.8. The molecule has 0 amide bonds. The van der Waals surface area contributed by atoms with E-state index in [0.717, 1.165) is 36.8 Å². The molecule has 194 valence electrons. The molecule has 0 radical (unpaired) electrons. The van der Waals surface area contributed by atoms with Crippen molar-refractivity contribution in [3.8, 4) is 0 Å². The number of hydrogen-bond acceptors (Lipinski definition) is 6. The number of ether oxygens (including phenoxy) is 1. The van der Waals surface area contributed by atoms with Crippen LogP contribution >= 0.6 is 0 Å². The molecular weight excluding hydrogens is 454 g/mol. The molecule has 1 aromatic carbocycles. The largest absolute Gasteiger partial charge is 0.458 e. The van der Waals surface area contributed by atoms with Gasteiger partial charge in [0.1, 0.15) is 6.61 Å². The third-order valence-electron chi connectivity index (χ3n) is 11.1. The van der Waals surface area contributed by atoms with E-state index in [-0.39, 0.29) is 29.1 Å². The van der Waals surface area contributed by atoms with E-state index in [1.54, 1.807) is 6.08 Å². The Morgan fingerprint density at radius 3 is 2.56 bits per heavy atom. The summed E-state index contributed by atoms with van der Waals surface area (Å²) in [6.07, 6.45) is 9.51. The molecule has 0 saturated heterocycles. The zero-order chi connectivity index (χ0) is 25.2. The molecule has 1 aliphatic heterocycles. The number of fused-ring (bicyclic) bond motifs is 5. The lowest BCUT2D eigenvalue weighted by molar-refractivity contribution is -0.237. The summed E-state index contributed by atoms with van der Waals surface area (Å²) in [5.74, 6) is 0.0375. The van der Waals surface area contributed by atoms with Crippen molar-refractivity contribution >= 4 is 12.2 Å². The number of cyclic esters (lactones) is 1. The van der Waals surface area contributed by atoms with Crippen molar-refractivity contribution < 1.29 is 24.9 Å². The van der Waals surface area contributed by atoms with Gasteiger partial charge in [0, 0.05) is 29.5 Å². The molecule has 4 aliphatic carbocycles. The standard InChI is InChI=1S/C30H39NO5/c1-27-11-8-24-25(30(27,35)14-10-23(27)21-15-26(33)36-18-21)9-13-29(34)16-22(32)7-12-28(24,29)19-31-17-20-5-3-2-4-6-20/h2-6,15,19,22-25,32,34-35H,7-14,16-18H2,1H3/t22-,23+,24+,25-,27-,28+,29+,30+/m1/s1. The van der Waals surface area contributed by atoms with Gasteiger partial charge < -0.3 is 20.1 Å². The minimum Gasteiger partial charge on any atom is -0.458 e. The molecular formula is C30H39NO5. The number of hydrogen-bond donors (Lipinski definition) is 3. The molecule has 0 bridgehead atoms. The van der Waals surface area contributed by atoms with E-state index in [0.29, 0.717) is 45.3 Å². The monoisotopic (exact) mass is 493 g/mol. The predicted octanol–water partition coefficient (Wildman–Crippen LogP) is 3.97. The number of aliphatic imine (C=N–C) groups is 1. The third kappa shape index (κ3) is 3.40. The fourth-order valence-electron chi connectivity index (χ4n) is 9.26. The first-order chi connectivity index (χ1) is 17.2. The summed E-state index contributed by atoms with van der Waals surface area (Å²) < 4.78 is 5.25. The Kier molecular flexibility index (Phi) is 5.75.